The Morgan fingerprint density at radius 3 is 2.56 bits per heavy atom. The number of nitrogens with zero attached hydrogens (tertiary/aromatic N) is 1. The van der Waals surface area contributed by atoms with E-state index in [0.717, 1.165) is 0 Å². The number of hydrogen-bond acceptors (Lipinski definition) is 2. The number of aromatic hydroxyl groups is 1. The van der Waals surface area contributed by atoms with Crippen molar-refractivity contribution in [2.75, 3.05) is 0 Å². The minimum absolute atomic E-state index is 0.0785. The van der Waals surface area contributed by atoms with Gasteiger partial charge in [0.2, 0.25) is 0 Å². The van der Waals surface area contributed by atoms with Crippen molar-refractivity contribution in [2.45, 2.75) is 0 Å². The first-order valence-corrected chi connectivity index (χ1v) is 5.51. The van der Waals surface area contributed by atoms with Crippen LogP contribution in [0, 0.1) is 5.82 Å². The Hall–Kier alpha value is -1.81. The molecule has 1 N–H and O–H groups in total. The highest BCUT2D eigenvalue weighted by molar-refractivity contribution is 6.38. The summed E-state index contributed by atoms with van der Waals surface area (Å²) in [5, 5.41) is 10.1. The van der Waals surface area contributed by atoms with E-state index in [4.69, 9.17) is 19.4 Å². The van der Waals surface area contributed by atoms with Crippen LogP contribution in [-0.4, -0.2) is 19.2 Å². The van der Waals surface area contributed by atoms with Gasteiger partial charge in [-0.1, -0.05) is 17.1 Å². The van der Waals surface area contributed by atoms with Crippen LogP contribution < -0.4 is 5.46 Å². The number of phenols is 1. The molecule has 0 bridgehead atoms. The van der Waals surface area contributed by atoms with Gasteiger partial charge < -0.3 is 5.11 Å². The van der Waals surface area contributed by atoms with E-state index in [1.54, 1.807) is 6.07 Å². The SMILES string of the molecule is [B]c1cc(Cl)cc(C=Nc2ccc(F)cc2)c1O. The summed E-state index contributed by atoms with van der Waals surface area (Å²) in [6.45, 7) is 0. The highest BCUT2D eigenvalue weighted by Crippen LogP contribution is 2.19. The predicted molar refractivity (Wildman–Crippen MR) is 72.2 cm³/mol. The topological polar surface area (TPSA) is 32.6 Å². The third-order valence-corrected chi connectivity index (χ3v) is 2.53. The van der Waals surface area contributed by atoms with Crippen LogP contribution in [0.15, 0.2) is 41.4 Å². The Labute approximate surface area is 110 Å². The summed E-state index contributed by atoms with van der Waals surface area (Å²) in [5.74, 6) is -0.408. The molecule has 0 aliphatic heterocycles. The van der Waals surface area contributed by atoms with Crippen LogP contribution in [-0.2, 0) is 0 Å². The highest BCUT2D eigenvalue weighted by atomic mass is 35.5. The zero-order valence-electron chi connectivity index (χ0n) is 9.27. The zero-order chi connectivity index (χ0) is 13.1. The lowest BCUT2D eigenvalue weighted by Gasteiger charge is -2.04. The fourth-order valence-corrected chi connectivity index (χ4v) is 1.65. The molecule has 2 aromatic carbocycles. The largest absolute Gasteiger partial charge is 0.508 e. The van der Waals surface area contributed by atoms with Crippen molar-refractivity contribution in [2.24, 2.45) is 4.99 Å². The van der Waals surface area contributed by atoms with Crippen LogP contribution in [0.3, 0.4) is 0 Å². The molecule has 0 aliphatic carbocycles. The maximum Gasteiger partial charge on any atom is 0.123 e. The lowest BCUT2D eigenvalue weighted by Crippen LogP contribution is -2.04. The molecule has 2 nitrogen and oxygen atoms in total. The number of halogens is 2. The van der Waals surface area contributed by atoms with Gasteiger partial charge in [0.25, 0.3) is 0 Å². The standard InChI is InChI=1S/C13H8BClFNO/c14-12-6-9(15)5-8(13(12)18)7-17-11-3-1-10(16)2-4-11/h1-7,18H. The second kappa shape index (κ2) is 5.23. The van der Waals surface area contributed by atoms with Crippen LogP contribution in [0.4, 0.5) is 10.1 Å². The molecule has 0 aliphatic rings. The second-order valence-corrected chi connectivity index (χ2v) is 4.10. The fourth-order valence-electron chi connectivity index (χ4n) is 1.41. The van der Waals surface area contributed by atoms with Gasteiger partial charge in [-0.3, -0.25) is 4.99 Å². The summed E-state index contributed by atoms with van der Waals surface area (Å²) in [4.78, 5) is 4.09. The molecule has 0 fully saturated rings. The summed E-state index contributed by atoms with van der Waals surface area (Å²) in [6, 6.07) is 8.65. The van der Waals surface area contributed by atoms with Crippen molar-refractivity contribution in [1.29, 1.82) is 0 Å². The molecule has 0 heterocycles. The van der Waals surface area contributed by atoms with E-state index < -0.39 is 0 Å². The molecule has 2 radical (unpaired) electrons. The first kappa shape index (κ1) is 12.6. The smallest absolute Gasteiger partial charge is 0.123 e. The molecule has 0 unspecified atom stereocenters. The minimum Gasteiger partial charge on any atom is -0.508 e. The van der Waals surface area contributed by atoms with E-state index in [9.17, 15) is 9.50 Å². The van der Waals surface area contributed by atoms with Crippen molar-refractivity contribution in [3.63, 3.8) is 0 Å². The van der Waals surface area contributed by atoms with E-state index >= 15 is 0 Å². The molecule has 0 saturated heterocycles. The third kappa shape index (κ3) is 2.90. The summed E-state index contributed by atoms with van der Waals surface area (Å²) in [6.07, 6.45) is 1.42. The molecule has 2 aromatic rings. The van der Waals surface area contributed by atoms with E-state index in [1.165, 1.54) is 36.5 Å². The quantitative estimate of drug-likeness (QED) is 0.653. The lowest BCUT2D eigenvalue weighted by molar-refractivity contribution is 0.479. The highest BCUT2D eigenvalue weighted by Gasteiger charge is 2.03. The molecular weight excluding hydrogens is 251 g/mol. The molecule has 0 saturated carbocycles. The Morgan fingerprint density at radius 2 is 1.89 bits per heavy atom. The van der Waals surface area contributed by atoms with E-state index in [2.05, 4.69) is 4.99 Å². The van der Waals surface area contributed by atoms with Gasteiger partial charge in [-0.15, -0.1) is 0 Å². The second-order valence-electron chi connectivity index (χ2n) is 3.67. The molecule has 18 heavy (non-hydrogen) atoms. The van der Waals surface area contributed by atoms with Crippen molar-refractivity contribution in [1.82, 2.24) is 0 Å². The Morgan fingerprint density at radius 1 is 1.22 bits per heavy atom. The number of benzene rings is 2. The van der Waals surface area contributed by atoms with E-state index in [-0.39, 0.29) is 17.0 Å². The molecule has 2 rings (SSSR count). The summed E-state index contributed by atoms with van der Waals surface area (Å²) >= 11 is 5.82. The Bertz CT molecular complexity index is 599. The third-order valence-electron chi connectivity index (χ3n) is 2.31. The lowest BCUT2D eigenvalue weighted by atomic mass is 9.93. The van der Waals surface area contributed by atoms with Crippen LogP contribution in [0.2, 0.25) is 5.02 Å². The molecule has 5 heteroatoms. The number of aliphatic imine (C=N–C) groups is 1. The number of rotatable bonds is 2. The normalized spacial score (nSPS) is 11.0. The van der Waals surface area contributed by atoms with Gasteiger partial charge in [-0.05, 0) is 36.4 Å². The van der Waals surface area contributed by atoms with Gasteiger partial charge in [0.1, 0.15) is 19.4 Å². The maximum absolute atomic E-state index is 12.7. The Kier molecular flexibility index (Phi) is 3.67. The average molecular weight is 259 g/mol. The fraction of sp³-hybridized carbons (Fsp3) is 0. The average Bonchev–Trinajstić information content (AvgIpc) is 2.34. The molecule has 0 amide bonds. The van der Waals surface area contributed by atoms with Gasteiger partial charge >= 0.3 is 0 Å². The zero-order valence-corrected chi connectivity index (χ0v) is 10.0. The van der Waals surface area contributed by atoms with Crippen molar-refractivity contribution >= 4 is 36.8 Å². The monoisotopic (exact) mass is 259 g/mol. The van der Waals surface area contributed by atoms with Gasteiger partial charge in [0.15, 0.2) is 0 Å². The van der Waals surface area contributed by atoms with Crippen LogP contribution >= 0.6 is 11.6 Å². The molecule has 88 valence electrons. The molecule has 0 aromatic heterocycles. The van der Waals surface area contributed by atoms with Crippen molar-refractivity contribution in [3.8, 4) is 5.75 Å². The summed E-state index contributed by atoms with van der Waals surface area (Å²) in [5.41, 5.74) is 1.15. The Balaban J connectivity index is 2.31. The molecule has 0 atom stereocenters. The minimum atomic E-state index is -0.330. The van der Waals surface area contributed by atoms with Crippen molar-refractivity contribution in [3.05, 3.63) is 52.8 Å². The van der Waals surface area contributed by atoms with Gasteiger partial charge in [0, 0.05) is 16.8 Å². The van der Waals surface area contributed by atoms with E-state index in [1.807, 2.05) is 0 Å². The molecule has 0 spiro atoms. The first-order valence-electron chi connectivity index (χ1n) is 5.14. The van der Waals surface area contributed by atoms with E-state index in [0.29, 0.717) is 16.3 Å². The molecular formula is C13H8BClFNO. The first-order chi connectivity index (χ1) is 8.56. The number of phenolic OH excluding ortho intramolecular Hbond substituents is 1. The van der Waals surface area contributed by atoms with Crippen LogP contribution in [0.25, 0.3) is 0 Å². The van der Waals surface area contributed by atoms with Crippen LogP contribution in [0.5, 0.6) is 5.75 Å². The summed E-state index contributed by atoms with van der Waals surface area (Å²) < 4.78 is 12.7. The predicted octanol–water partition coefficient (Wildman–Crippen LogP) is 2.73. The van der Waals surface area contributed by atoms with Crippen LogP contribution in [0.1, 0.15) is 5.56 Å². The number of hydrogen-bond donors (Lipinski definition) is 1. The maximum atomic E-state index is 12.7. The van der Waals surface area contributed by atoms with Gasteiger partial charge in [0.05, 0.1) is 5.69 Å². The van der Waals surface area contributed by atoms with Gasteiger partial charge in [-0.25, -0.2) is 4.39 Å². The van der Waals surface area contributed by atoms with Crippen molar-refractivity contribution < 1.29 is 9.50 Å². The van der Waals surface area contributed by atoms with Gasteiger partial charge in [-0.2, -0.15) is 0 Å². The summed E-state index contributed by atoms with van der Waals surface area (Å²) in [7, 11) is 5.56.